The highest BCUT2D eigenvalue weighted by Crippen LogP contribution is 2.38. The smallest absolute Gasteiger partial charge is 0.175 e. The Kier molecular flexibility index (Phi) is 2.88. The normalized spacial score (nSPS) is 14.5. The van der Waals surface area contributed by atoms with Crippen molar-refractivity contribution in [2.75, 3.05) is 0 Å². The van der Waals surface area contributed by atoms with E-state index >= 15 is 0 Å². The molecule has 2 heterocycles. The number of hydrogen-bond acceptors (Lipinski definition) is 2. The van der Waals surface area contributed by atoms with Gasteiger partial charge in [0.1, 0.15) is 6.33 Å². The number of nitrogens with zero attached hydrogens (tertiary/aromatic N) is 4. The zero-order chi connectivity index (χ0) is 14.2. The number of hydrogen-bond donors (Lipinski definition) is 0. The van der Waals surface area contributed by atoms with Crippen LogP contribution in [-0.4, -0.2) is 19.3 Å². The van der Waals surface area contributed by atoms with Gasteiger partial charge in [-0.05, 0) is 37.5 Å². The van der Waals surface area contributed by atoms with Gasteiger partial charge in [0, 0.05) is 12.2 Å². The molecule has 106 valence electrons. The van der Waals surface area contributed by atoms with Gasteiger partial charge in [0.25, 0.3) is 0 Å². The van der Waals surface area contributed by atoms with E-state index in [4.69, 9.17) is 0 Å². The summed E-state index contributed by atoms with van der Waals surface area (Å²) >= 11 is 0. The van der Waals surface area contributed by atoms with Gasteiger partial charge in [0.2, 0.25) is 0 Å². The fraction of sp³-hybridized carbons (Fsp3) is 0.294. The molecule has 1 aliphatic rings. The molecule has 21 heavy (non-hydrogen) atoms. The fourth-order valence-electron chi connectivity index (χ4n) is 2.70. The maximum absolute atomic E-state index is 4.47. The van der Waals surface area contributed by atoms with Crippen LogP contribution in [0.15, 0.2) is 48.9 Å². The molecule has 0 saturated heterocycles. The third-order valence-electron chi connectivity index (χ3n) is 4.02. The zero-order valence-electron chi connectivity index (χ0n) is 12.1. The van der Waals surface area contributed by atoms with E-state index in [1.165, 1.54) is 29.7 Å². The van der Waals surface area contributed by atoms with Gasteiger partial charge in [0.05, 0.1) is 12.2 Å². The van der Waals surface area contributed by atoms with Crippen LogP contribution in [-0.2, 0) is 6.54 Å². The van der Waals surface area contributed by atoms with Crippen LogP contribution in [0.3, 0.4) is 0 Å². The van der Waals surface area contributed by atoms with Crippen molar-refractivity contribution in [2.24, 2.45) is 0 Å². The van der Waals surface area contributed by atoms with Crippen molar-refractivity contribution in [3.63, 3.8) is 0 Å². The monoisotopic (exact) mass is 278 g/mol. The van der Waals surface area contributed by atoms with Gasteiger partial charge < -0.3 is 4.57 Å². The summed E-state index contributed by atoms with van der Waals surface area (Å²) < 4.78 is 4.31. The van der Waals surface area contributed by atoms with E-state index in [1.807, 2.05) is 4.68 Å². The van der Waals surface area contributed by atoms with Gasteiger partial charge in [-0.1, -0.05) is 29.8 Å². The van der Waals surface area contributed by atoms with Crippen molar-refractivity contribution in [1.82, 2.24) is 19.3 Å². The number of benzene rings is 1. The van der Waals surface area contributed by atoms with Gasteiger partial charge >= 0.3 is 0 Å². The molecule has 0 aliphatic heterocycles. The Bertz CT molecular complexity index is 747. The van der Waals surface area contributed by atoms with Gasteiger partial charge in [-0.2, -0.15) is 5.10 Å². The van der Waals surface area contributed by atoms with Crippen LogP contribution < -0.4 is 0 Å². The quantitative estimate of drug-likeness (QED) is 0.733. The molecular weight excluding hydrogens is 260 g/mol. The molecule has 0 bridgehead atoms. The molecule has 4 rings (SSSR count). The molecule has 4 nitrogen and oxygen atoms in total. The lowest BCUT2D eigenvalue weighted by Crippen LogP contribution is -2.06. The maximum atomic E-state index is 4.47. The van der Waals surface area contributed by atoms with Crippen LogP contribution >= 0.6 is 0 Å². The fourth-order valence-corrected chi connectivity index (χ4v) is 2.70. The summed E-state index contributed by atoms with van der Waals surface area (Å²) in [7, 11) is 0. The molecule has 1 saturated carbocycles. The molecule has 0 unspecified atom stereocenters. The Balaban J connectivity index is 1.67. The SMILES string of the molecule is Cc1ccc(Cn2ncnc2-c2cccn2C2CC2)cc1. The average molecular weight is 278 g/mol. The third-order valence-corrected chi connectivity index (χ3v) is 4.02. The van der Waals surface area contributed by atoms with Crippen LogP contribution in [0.25, 0.3) is 11.5 Å². The van der Waals surface area contributed by atoms with E-state index in [0.29, 0.717) is 6.04 Å². The first kappa shape index (κ1) is 12.4. The largest absolute Gasteiger partial charge is 0.342 e. The summed E-state index contributed by atoms with van der Waals surface area (Å²) in [5.74, 6) is 0.951. The van der Waals surface area contributed by atoms with E-state index in [-0.39, 0.29) is 0 Å². The van der Waals surface area contributed by atoms with Crippen LogP contribution in [0.5, 0.6) is 0 Å². The summed E-state index contributed by atoms with van der Waals surface area (Å²) in [6, 6.07) is 13.5. The minimum atomic E-state index is 0.652. The molecule has 2 aromatic heterocycles. The molecular formula is C17H18N4. The molecule has 4 heteroatoms. The van der Waals surface area contributed by atoms with Gasteiger partial charge in [-0.25, -0.2) is 9.67 Å². The Hall–Kier alpha value is -2.36. The highest BCUT2D eigenvalue weighted by atomic mass is 15.3. The molecule has 1 aromatic carbocycles. The first-order chi connectivity index (χ1) is 10.3. The second kappa shape index (κ2) is 4.88. The highest BCUT2D eigenvalue weighted by molar-refractivity contribution is 5.51. The average Bonchev–Trinajstić information content (AvgIpc) is 3.05. The molecule has 0 radical (unpaired) electrons. The van der Waals surface area contributed by atoms with Crippen LogP contribution in [0.2, 0.25) is 0 Å². The van der Waals surface area contributed by atoms with E-state index in [2.05, 4.69) is 64.2 Å². The molecule has 0 atom stereocenters. The summed E-state index contributed by atoms with van der Waals surface area (Å²) in [6.45, 7) is 2.86. The Morgan fingerprint density at radius 2 is 1.95 bits per heavy atom. The summed E-state index contributed by atoms with van der Waals surface area (Å²) in [6.07, 6.45) is 6.34. The molecule has 0 spiro atoms. The molecule has 3 aromatic rings. The Labute approximate surface area is 124 Å². The van der Waals surface area contributed by atoms with Crippen molar-refractivity contribution in [1.29, 1.82) is 0 Å². The summed E-state index contributed by atoms with van der Waals surface area (Å²) in [5, 5.41) is 4.40. The number of aryl methyl sites for hydroxylation is 1. The van der Waals surface area contributed by atoms with Crippen molar-refractivity contribution in [3.05, 3.63) is 60.0 Å². The standard InChI is InChI=1S/C17H18N4/c1-13-4-6-14(7-5-13)11-21-17(18-12-19-21)16-3-2-10-20(16)15-8-9-15/h2-7,10,12,15H,8-9,11H2,1H3. The number of aromatic nitrogens is 4. The van der Waals surface area contributed by atoms with Gasteiger partial charge in [-0.15, -0.1) is 0 Å². The molecule has 1 aliphatic carbocycles. The zero-order valence-corrected chi connectivity index (χ0v) is 12.1. The van der Waals surface area contributed by atoms with E-state index in [0.717, 1.165) is 12.4 Å². The number of rotatable bonds is 4. The predicted octanol–water partition coefficient (Wildman–Crippen LogP) is 3.44. The second-order valence-electron chi connectivity index (χ2n) is 5.76. The minimum absolute atomic E-state index is 0.652. The van der Waals surface area contributed by atoms with Crippen molar-refractivity contribution < 1.29 is 0 Å². The van der Waals surface area contributed by atoms with E-state index in [9.17, 15) is 0 Å². The molecule has 0 amide bonds. The Morgan fingerprint density at radius 1 is 1.14 bits per heavy atom. The lowest BCUT2D eigenvalue weighted by Gasteiger charge is -2.09. The molecule has 0 N–H and O–H groups in total. The summed E-state index contributed by atoms with van der Waals surface area (Å²) in [5.41, 5.74) is 3.69. The van der Waals surface area contributed by atoms with Crippen molar-refractivity contribution in [3.8, 4) is 11.5 Å². The van der Waals surface area contributed by atoms with Crippen LogP contribution in [0.1, 0.15) is 30.0 Å². The van der Waals surface area contributed by atoms with Gasteiger partial charge in [0.15, 0.2) is 5.82 Å². The van der Waals surface area contributed by atoms with E-state index < -0.39 is 0 Å². The topological polar surface area (TPSA) is 35.6 Å². The summed E-state index contributed by atoms with van der Waals surface area (Å²) in [4.78, 5) is 4.47. The third kappa shape index (κ3) is 2.37. The Morgan fingerprint density at radius 3 is 2.71 bits per heavy atom. The second-order valence-corrected chi connectivity index (χ2v) is 5.76. The minimum Gasteiger partial charge on any atom is -0.342 e. The lowest BCUT2D eigenvalue weighted by molar-refractivity contribution is 0.677. The predicted molar refractivity (Wildman–Crippen MR) is 82.0 cm³/mol. The maximum Gasteiger partial charge on any atom is 0.175 e. The molecule has 1 fully saturated rings. The highest BCUT2D eigenvalue weighted by Gasteiger charge is 2.26. The first-order valence-electron chi connectivity index (χ1n) is 7.42. The van der Waals surface area contributed by atoms with E-state index in [1.54, 1.807) is 6.33 Å². The first-order valence-corrected chi connectivity index (χ1v) is 7.42. The van der Waals surface area contributed by atoms with Crippen LogP contribution in [0, 0.1) is 6.92 Å². The van der Waals surface area contributed by atoms with Crippen molar-refractivity contribution >= 4 is 0 Å². The lowest BCUT2D eigenvalue weighted by atomic mass is 10.1. The van der Waals surface area contributed by atoms with Crippen LogP contribution in [0.4, 0.5) is 0 Å². The van der Waals surface area contributed by atoms with Gasteiger partial charge in [-0.3, -0.25) is 0 Å². The van der Waals surface area contributed by atoms with Crippen molar-refractivity contribution in [2.45, 2.75) is 32.4 Å².